The van der Waals surface area contributed by atoms with E-state index in [1.54, 1.807) is 35.3 Å². The highest BCUT2D eigenvalue weighted by Gasteiger charge is 2.26. The Labute approximate surface area is 170 Å². The third-order valence-electron chi connectivity index (χ3n) is 3.91. The van der Waals surface area contributed by atoms with Crippen molar-refractivity contribution in [3.05, 3.63) is 72.6 Å². The van der Waals surface area contributed by atoms with Crippen molar-refractivity contribution < 1.29 is 31.5 Å². The summed E-state index contributed by atoms with van der Waals surface area (Å²) in [5, 5.41) is 6.44. The highest BCUT2D eigenvalue weighted by atomic mass is 32.2. The number of sulfone groups is 1. The molecule has 1 heterocycles. The third-order valence-corrected chi connectivity index (χ3v) is 5.31. The molecule has 0 fully saturated rings. The number of nitrogens with one attached hydrogen (secondary N) is 1. The average molecular weight is 435 g/mol. The molecule has 0 saturated carbocycles. The molecule has 0 radical (unpaired) electrons. The predicted octanol–water partition coefficient (Wildman–Crippen LogP) is 2.66. The van der Waals surface area contributed by atoms with Gasteiger partial charge >= 0.3 is 11.7 Å². The van der Waals surface area contributed by atoms with Gasteiger partial charge in [-0.25, -0.2) is 17.9 Å². The lowest BCUT2D eigenvalue weighted by atomic mass is 10.2. The van der Waals surface area contributed by atoms with E-state index in [9.17, 15) is 26.8 Å². The standard InChI is InChI=1S/C19H15F2N3O5S/c20-19(21)30(27,28)16-8-4-14(5-9-16)23-17(25)12-29-18(26)13-2-6-15(7-3-13)24-11-1-10-22-24/h1-11,19H,12H2,(H,23,25). The number of nitrogens with zero attached hydrogens (tertiary/aromatic N) is 2. The topological polar surface area (TPSA) is 107 Å². The minimum atomic E-state index is -4.71. The van der Waals surface area contributed by atoms with Gasteiger partial charge in [0.25, 0.3) is 5.91 Å². The van der Waals surface area contributed by atoms with Gasteiger partial charge in [0.05, 0.1) is 16.1 Å². The van der Waals surface area contributed by atoms with Crippen LogP contribution in [0.25, 0.3) is 5.69 Å². The van der Waals surface area contributed by atoms with Crippen molar-refractivity contribution in [2.45, 2.75) is 10.7 Å². The van der Waals surface area contributed by atoms with Gasteiger partial charge in [0.15, 0.2) is 6.61 Å². The molecule has 0 spiro atoms. The second-order valence-electron chi connectivity index (χ2n) is 5.95. The number of alkyl halides is 2. The molecule has 0 unspecified atom stereocenters. The summed E-state index contributed by atoms with van der Waals surface area (Å²) in [5.74, 6) is -4.93. The van der Waals surface area contributed by atoms with Gasteiger partial charge in [-0.2, -0.15) is 13.9 Å². The minimum absolute atomic E-state index is 0.160. The summed E-state index contributed by atoms with van der Waals surface area (Å²) in [4.78, 5) is 23.4. The molecule has 1 N–H and O–H groups in total. The van der Waals surface area contributed by atoms with Crippen LogP contribution in [-0.2, 0) is 19.4 Å². The summed E-state index contributed by atoms with van der Waals surface area (Å²) in [6.07, 6.45) is 3.36. The first kappa shape index (κ1) is 21.1. The van der Waals surface area contributed by atoms with Crippen molar-refractivity contribution in [2.24, 2.45) is 0 Å². The molecule has 156 valence electrons. The summed E-state index contributed by atoms with van der Waals surface area (Å²) >= 11 is 0. The zero-order valence-corrected chi connectivity index (χ0v) is 16.1. The first-order chi connectivity index (χ1) is 14.3. The second kappa shape index (κ2) is 8.82. The van der Waals surface area contributed by atoms with Crippen molar-refractivity contribution >= 4 is 27.4 Å². The average Bonchev–Trinajstić information content (AvgIpc) is 3.27. The molecule has 0 saturated heterocycles. The number of halogens is 2. The van der Waals surface area contributed by atoms with Gasteiger partial charge in [0, 0.05) is 18.1 Å². The maximum atomic E-state index is 12.5. The Morgan fingerprint density at radius 3 is 2.30 bits per heavy atom. The van der Waals surface area contributed by atoms with E-state index in [4.69, 9.17) is 4.74 Å². The number of hydrogen-bond acceptors (Lipinski definition) is 6. The number of esters is 1. The Morgan fingerprint density at radius 1 is 1.07 bits per heavy atom. The molecular formula is C19H15F2N3O5S. The molecule has 30 heavy (non-hydrogen) atoms. The minimum Gasteiger partial charge on any atom is -0.452 e. The fraction of sp³-hybridized carbons (Fsp3) is 0.105. The number of rotatable bonds is 7. The number of carbonyl (C=O) groups is 2. The van der Waals surface area contributed by atoms with Crippen LogP contribution in [0, 0.1) is 0 Å². The van der Waals surface area contributed by atoms with E-state index in [0.29, 0.717) is 0 Å². The highest BCUT2D eigenvalue weighted by molar-refractivity contribution is 7.91. The normalized spacial score (nSPS) is 11.3. The molecule has 3 aromatic rings. The Bertz CT molecular complexity index is 1130. The first-order valence-electron chi connectivity index (χ1n) is 8.46. The number of anilines is 1. The van der Waals surface area contributed by atoms with Crippen LogP contribution in [0.15, 0.2) is 71.9 Å². The second-order valence-corrected chi connectivity index (χ2v) is 7.87. The molecule has 2 aromatic carbocycles. The van der Waals surface area contributed by atoms with Gasteiger partial charge in [-0.1, -0.05) is 0 Å². The lowest BCUT2D eigenvalue weighted by Crippen LogP contribution is -2.21. The van der Waals surface area contributed by atoms with Crippen molar-refractivity contribution in [3.63, 3.8) is 0 Å². The van der Waals surface area contributed by atoms with Crippen molar-refractivity contribution in [3.8, 4) is 5.69 Å². The highest BCUT2D eigenvalue weighted by Crippen LogP contribution is 2.20. The molecule has 0 atom stereocenters. The Kier molecular flexibility index (Phi) is 6.21. The fourth-order valence-corrected chi connectivity index (χ4v) is 3.14. The molecule has 1 amide bonds. The van der Waals surface area contributed by atoms with E-state index < -0.39 is 39.0 Å². The molecule has 3 rings (SSSR count). The van der Waals surface area contributed by atoms with Gasteiger partial charge in [0.2, 0.25) is 9.84 Å². The van der Waals surface area contributed by atoms with E-state index in [0.717, 1.165) is 30.0 Å². The summed E-state index contributed by atoms with van der Waals surface area (Å²) < 4.78 is 54.3. The van der Waals surface area contributed by atoms with Crippen LogP contribution in [0.1, 0.15) is 10.4 Å². The van der Waals surface area contributed by atoms with E-state index >= 15 is 0 Å². The molecule has 0 aliphatic rings. The zero-order valence-electron chi connectivity index (χ0n) is 15.2. The van der Waals surface area contributed by atoms with Gasteiger partial charge in [-0.05, 0) is 54.6 Å². The monoisotopic (exact) mass is 435 g/mol. The third kappa shape index (κ3) is 4.87. The van der Waals surface area contributed by atoms with Crippen LogP contribution in [0.2, 0.25) is 0 Å². The predicted molar refractivity (Wildman–Crippen MR) is 102 cm³/mol. The maximum Gasteiger partial charge on any atom is 0.341 e. The van der Waals surface area contributed by atoms with Crippen molar-refractivity contribution in [1.82, 2.24) is 9.78 Å². The van der Waals surface area contributed by atoms with Crippen molar-refractivity contribution in [1.29, 1.82) is 0 Å². The van der Waals surface area contributed by atoms with Crippen LogP contribution in [0.5, 0.6) is 0 Å². The number of amides is 1. The van der Waals surface area contributed by atoms with Crippen LogP contribution >= 0.6 is 0 Å². The molecular weight excluding hydrogens is 420 g/mol. The number of hydrogen-bond donors (Lipinski definition) is 1. The summed E-state index contributed by atoms with van der Waals surface area (Å²) in [5.41, 5.74) is 1.14. The zero-order chi connectivity index (χ0) is 21.7. The number of aromatic nitrogens is 2. The van der Waals surface area contributed by atoms with Crippen molar-refractivity contribution in [2.75, 3.05) is 11.9 Å². The van der Waals surface area contributed by atoms with E-state index in [2.05, 4.69) is 10.4 Å². The van der Waals surface area contributed by atoms with Gasteiger partial charge in [-0.15, -0.1) is 0 Å². The Balaban J connectivity index is 1.53. The SMILES string of the molecule is O=C(COC(=O)c1ccc(-n2cccn2)cc1)Nc1ccc(S(=O)(=O)C(F)F)cc1. The smallest absolute Gasteiger partial charge is 0.341 e. The van der Waals surface area contributed by atoms with E-state index in [-0.39, 0.29) is 11.3 Å². The maximum absolute atomic E-state index is 12.5. The van der Waals surface area contributed by atoms with Crippen LogP contribution < -0.4 is 5.32 Å². The van der Waals surface area contributed by atoms with E-state index in [1.807, 2.05) is 0 Å². The number of ether oxygens (including phenoxy) is 1. The van der Waals surface area contributed by atoms with Gasteiger partial charge in [-0.3, -0.25) is 4.79 Å². The number of benzene rings is 2. The molecule has 0 aliphatic heterocycles. The fourth-order valence-electron chi connectivity index (χ4n) is 2.41. The molecule has 1 aromatic heterocycles. The Hall–Kier alpha value is -3.60. The summed E-state index contributed by atoms with van der Waals surface area (Å²) in [6, 6.07) is 12.3. The van der Waals surface area contributed by atoms with E-state index in [1.165, 1.54) is 12.1 Å². The van der Waals surface area contributed by atoms with Crippen LogP contribution in [-0.4, -0.2) is 42.4 Å². The Morgan fingerprint density at radius 2 is 1.73 bits per heavy atom. The largest absolute Gasteiger partial charge is 0.452 e. The lowest BCUT2D eigenvalue weighted by Gasteiger charge is -2.08. The molecule has 0 bridgehead atoms. The molecule has 8 nitrogen and oxygen atoms in total. The quantitative estimate of drug-likeness (QED) is 0.572. The van der Waals surface area contributed by atoms with Crippen LogP contribution in [0.4, 0.5) is 14.5 Å². The van der Waals surface area contributed by atoms with Crippen LogP contribution in [0.3, 0.4) is 0 Å². The molecule has 11 heteroatoms. The first-order valence-corrected chi connectivity index (χ1v) is 10.0. The number of carbonyl (C=O) groups excluding carboxylic acids is 2. The lowest BCUT2D eigenvalue weighted by molar-refractivity contribution is -0.119. The summed E-state index contributed by atoms with van der Waals surface area (Å²) in [7, 11) is -4.71. The molecule has 0 aliphatic carbocycles. The van der Waals surface area contributed by atoms with Gasteiger partial charge in [0.1, 0.15) is 0 Å². The van der Waals surface area contributed by atoms with Gasteiger partial charge < -0.3 is 10.1 Å². The summed E-state index contributed by atoms with van der Waals surface area (Å²) in [6.45, 7) is -0.586.